The van der Waals surface area contributed by atoms with Crippen LogP contribution >= 0.6 is 11.3 Å². The maximum atomic E-state index is 4.89. The van der Waals surface area contributed by atoms with E-state index in [0.29, 0.717) is 17.4 Å². The number of piperidine rings is 1. The van der Waals surface area contributed by atoms with Crippen molar-refractivity contribution in [3.8, 4) is 0 Å². The van der Waals surface area contributed by atoms with Gasteiger partial charge < -0.3 is 10.2 Å². The van der Waals surface area contributed by atoms with Crippen molar-refractivity contribution in [2.75, 3.05) is 18.9 Å². The normalized spacial score (nSPS) is 29.3. The third-order valence-electron chi connectivity index (χ3n) is 7.40. The molecule has 1 N–H and O–H groups in total. The van der Waals surface area contributed by atoms with Gasteiger partial charge in [0, 0.05) is 23.9 Å². The Labute approximate surface area is 169 Å². The SMILES string of the molecule is CN1CC[C@]23CCCC[C@H]2[C@H]1Cc1cc2sc(Nc4ncccn4)nc2cc13. The van der Waals surface area contributed by atoms with Crippen molar-refractivity contribution in [1.29, 1.82) is 0 Å². The first kappa shape index (κ1) is 16.9. The van der Waals surface area contributed by atoms with E-state index in [9.17, 15) is 0 Å². The van der Waals surface area contributed by atoms with E-state index in [4.69, 9.17) is 4.98 Å². The molecule has 3 aliphatic rings. The summed E-state index contributed by atoms with van der Waals surface area (Å²) in [7, 11) is 2.33. The standard InChI is InChI=1S/C22H25N5S/c1-27-10-7-22-6-3-2-5-15(22)18(27)11-14-12-19-17(13-16(14)22)25-21(28-19)26-20-23-8-4-9-24-20/h4,8-9,12-13,15,18H,2-3,5-7,10-11H2,1H3,(H,23,24,25,26)/t15-,18+,22+/m0/s1. The minimum Gasteiger partial charge on any atom is -0.303 e. The predicted molar refractivity (Wildman–Crippen MR) is 113 cm³/mol. The van der Waals surface area contributed by atoms with Crippen molar-refractivity contribution in [3.63, 3.8) is 0 Å². The summed E-state index contributed by atoms with van der Waals surface area (Å²) in [6.45, 7) is 1.23. The van der Waals surface area contributed by atoms with Crippen LogP contribution in [0.25, 0.3) is 10.2 Å². The van der Waals surface area contributed by atoms with Gasteiger partial charge in [-0.2, -0.15) is 0 Å². The van der Waals surface area contributed by atoms with Crippen LogP contribution in [0.15, 0.2) is 30.6 Å². The number of fused-ring (bicyclic) bond motifs is 2. The molecule has 0 amide bonds. The third kappa shape index (κ3) is 2.44. The summed E-state index contributed by atoms with van der Waals surface area (Å²) in [6, 6.07) is 7.39. The summed E-state index contributed by atoms with van der Waals surface area (Å²) in [4.78, 5) is 16.1. The number of anilines is 2. The van der Waals surface area contributed by atoms with Gasteiger partial charge in [0.25, 0.3) is 0 Å². The van der Waals surface area contributed by atoms with E-state index < -0.39 is 0 Å². The summed E-state index contributed by atoms with van der Waals surface area (Å²) >= 11 is 1.71. The van der Waals surface area contributed by atoms with Gasteiger partial charge >= 0.3 is 0 Å². The van der Waals surface area contributed by atoms with Gasteiger partial charge in [0.15, 0.2) is 5.13 Å². The number of nitrogens with one attached hydrogen (secondary N) is 1. The number of rotatable bonds is 2. The second-order valence-corrected chi connectivity index (χ2v) is 9.73. The molecule has 1 saturated heterocycles. The lowest BCUT2D eigenvalue weighted by Crippen LogP contribution is -2.59. The van der Waals surface area contributed by atoms with Crippen LogP contribution in [0.5, 0.6) is 0 Å². The van der Waals surface area contributed by atoms with Crippen molar-refractivity contribution in [1.82, 2.24) is 19.9 Å². The first-order valence-electron chi connectivity index (χ1n) is 10.4. The average molecular weight is 392 g/mol. The molecule has 0 spiro atoms. The molecule has 6 heteroatoms. The molecule has 144 valence electrons. The Balaban J connectivity index is 1.45. The van der Waals surface area contributed by atoms with Crippen LogP contribution in [0.3, 0.4) is 0 Å². The van der Waals surface area contributed by atoms with Crippen LogP contribution in [0, 0.1) is 5.92 Å². The van der Waals surface area contributed by atoms with E-state index in [2.05, 4.69) is 39.4 Å². The van der Waals surface area contributed by atoms with Crippen molar-refractivity contribution in [2.45, 2.75) is 50.0 Å². The summed E-state index contributed by atoms with van der Waals surface area (Å²) in [5.41, 5.74) is 4.69. The number of hydrogen-bond donors (Lipinski definition) is 1. The summed E-state index contributed by atoms with van der Waals surface area (Å²) in [5, 5.41) is 4.15. The molecule has 2 aromatic heterocycles. The summed E-state index contributed by atoms with van der Waals surface area (Å²) < 4.78 is 1.27. The van der Waals surface area contributed by atoms with Gasteiger partial charge in [0.1, 0.15) is 0 Å². The van der Waals surface area contributed by atoms with E-state index in [1.807, 2.05) is 6.07 Å². The fourth-order valence-electron chi connectivity index (χ4n) is 6.14. The summed E-state index contributed by atoms with van der Waals surface area (Å²) in [5.74, 6) is 1.42. The van der Waals surface area contributed by atoms with Gasteiger partial charge in [-0.15, -0.1) is 0 Å². The molecular formula is C22H25N5S. The number of hydrogen-bond acceptors (Lipinski definition) is 6. The predicted octanol–water partition coefficient (Wildman–Crippen LogP) is 4.52. The number of nitrogens with zero attached hydrogens (tertiary/aromatic N) is 4. The van der Waals surface area contributed by atoms with Gasteiger partial charge in [-0.05, 0) is 74.5 Å². The molecule has 28 heavy (non-hydrogen) atoms. The fourth-order valence-corrected chi connectivity index (χ4v) is 7.04. The van der Waals surface area contributed by atoms with Gasteiger partial charge in [0.05, 0.1) is 10.2 Å². The molecule has 6 rings (SSSR count). The van der Waals surface area contributed by atoms with E-state index >= 15 is 0 Å². The van der Waals surface area contributed by atoms with Gasteiger partial charge in [0.2, 0.25) is 5.95 Å². The zero-order chi connectivity index (χ0) is 18.7. The second kappa shape index (κ2) is 6.22. The van der Waals surface area contributed by atoms with Crippen molar-refractivity contribution < 1.29 is 0 Å². The molecule has 0 radical (unpaired) electrons. The van der Waals surface area contributed by atoms with E-state index in [0.717, 1.165) is 16.6 Å². The number of likely N-dealkylation sites (N-methyl/N-ethyl adjacent to an activating group) is 1. The Morgan fingerprint density at radius 3 is 2.96 bits per heavy atom. The van der Waals surface area contributed by atoms with Crippen LogP contribution in [0.1, 0.15) is 43.2 Å². The van der Waals surface area contributed by atoms with Crippen LogP contribution in [0.4, 0.5) is 11.1 Å². The molecule has 3 aromatic rings. The van der Waals surface area contributed by atoms with Crippen LogP contribution < -0.4 is 5.32 Å². The Hall–Kier alpha value is -2.05. The van der Waals surface area contributed by atoms with Crippen molar-refractivity contribution >= 4 is 32.6 Å². The number of benzene rings is 1. The number of likely N-dealkylation sites (tertiary alicyclic amines) is 1. The average Bonchev–Trinajstić information content (AvgIpc) is 3.11. The Morgan fingerprint density at radius 2 is 2.07 bits per heavy atom. The zero-order valence-electron chi connectivity index (χ0n) is 16.2. The molecule has 2 bridgehead atoms. The molecular weight excluding hydrogens is 366 g/mol. The number of aromatic nitrogens is 3. The molecule has 0 unspecified atom stereocenters. The minimum absolute atomic E-state index is 0.386. The lowest BCUT2D eigenvalue weighted by Gasteiger charge is -2.58. The largest absolute Gasteiger partial charge is 0.303 e. The number of thiazole rings is 1. The van der Waals surface area contributed by atoms with Gasteiger partial charge in [-0.3, -0.25) is 0 Å². The first-order valence-corrected chi connectivity index (χ1v) is 11.2. The second-order valence-electron chi connectivity index (χ2n) is 8.70. The monoisotopic (exact) mass is 391 g/mol. The maximum absolute atomic E-state index is 4.89. The highest BCUT2D eigenvalue weighted by atomic mass is 32.1. The van der Waals surface area contributed by atoms with Crippen LogP contribution in [0.2, 0.25) is 0 Å². The molecule has 1 saturated carbocycles. The molecule has 1 aromatic carbocycles. The highest BCUT2D eigenvalue weighted by Crippen LogP contribution is 2.56. The molecule has 3 heterocycles. The van der Waals surface area contributed by atoms with E-state index in [1.165, 1.54) is 49.8 Å². The molecule has 1 aliphatic heterocycles. The Morgan fingerprint density at radius 1 is 1.18 bits per heavy atom. The van der Waals surface area contributed by atoms with Crippen molar-refractivity contribution in [3.05, 3.63) is 41.7 Å². The van der Waals surface area contributed by atoms with E-state index in [1.54, 1.807) is 34.9 Å². The Bertz CT molecular complexity index is 1030. The highest BCUT2D eigenvalue weighted by molar-refractivity contribution is 7.22. The molecule has 2 fully saturated rings. The smallest absolute Gasteiger partial charge is 0.228 e. The quantitative estimate of drug-likeness (QED) is 0.696. The van der Waals surface area contributed by atoms with Crippen LogP contribution in [-0.4, -0.2) is 39.5 Å². The first-order chi connectivity index (χ1) is 13.7. The third-order valence-corrected chi connectivity index (χ3v) is 8.34. The highest BCUT2D eigenvalue weighted by Gasteiger charge is 2.53. The zero-order valence-corrected chi connectivity index (χ0v) is 17.0. The molecule has 5 nitrogen and oxygen atoms in total. The Kier molecular flexibility index (Phi) is 3.75. The lowest BCUT2D eigenvalue weighted by atomic mass is 9.52. The minimum atomic E-state index is 0.386. The van der Waals surface area contributed by atoms with Crippen molar-refractivity contribution in [2.24, 2.45) is 5.92 Å². The van der Waals surface area contributed by atoms with Gasteiger partial charge in [-0.1, -0.05) is 24.2 Å². The summed E-state index contributed by atoms with van der Waals surface area (Å²) in [6.07, 6.45) is 11.5. The lowest BCUT2D eigenvalue weighted by molar-refractivity contribution is 0.00298. The van der Waals surface area contributed by atoms with Crippen LogP contribution in [-0.2, 0) is 11.8 Å². The molecule has 2 aliphatic carbocycles. The fraction of sp³-hybridized carbons (Fsp3) is 0.500. The van der Waals surface area contributed by atoms with E-state index in [-0.39, 0.29) is 0 Å². The van der Waals surface area contributed by atoms with Gasteiger partial charge in [-0.25, -0.2) is 15.0 Å². The topological polar surface area (TPSA) is 53.9 Å². The maximum Gasteiger partial charge on any atom is 0.228 e. The molecule has 3 atom stereocenters.